The normalized spacial score (nSPS) is 16.9. The highest BCUT2D eigenvalue weighted by molar-refractivity contribution is 9.10. The molecule has 0 amide bonds. The van der Waals surface area contributed by atoms with E-state index in [1.54, 1.807) is 25.1 Å². The molecule has 2 aromatic carbocycles. The quantitative estimate of drug-likeness (QED) is 0.360. The Morgan fingerprint density at radius 1 is 1.21 bits per heavy atom. The van der Waals surface area contributed by atoms with Gasteiger partial charge in [-0.05, 0) is 65.9 Å². The highest BCUT2D eigenvalue weighted by Gasteiger charge is 2.38. The number of rotatable bonds is 8. The zero-order valence-corrected chi connectivity index (χ0v) is 21.4. The predicted molar refractivity (Wildman–Crippen MR) is 134 cm³/mol. The molecular formula is C25H24BrFN2O4S. The van der Waals surface area contributed by atoms with Crippen LogP contribution in [0.1, 0.15) is 37.9 Å². The zero-order chi connectivity index (χ0) is 24.2. The third-order valence-corrected chi connectivity index (χ3v) is 6.65. The Bertz CT molecular complexity index is 1200. The Morgan fingerprint density at radius 3 is 2.74 bits per heavy atom. The fraction of sp³-hybridized carbons (Fsp3) is 0.280. The molecule has 1 atom stereocenters. The molecule has 0 radical (unpaired) electrons. The number of ether oxygens (including phenoxy) is 3. The van der Waals surface area contributed by atoms with Crippen LogP contribution in [0.2, 0.25) is 0 Å². The average molecular weight is 547 g/mol. The molecular weight excluding hydrogens is 523 g/mol. The van der Waals surface area contributed by atoms with Crippen LogP contribution in [-0.2, 0) is 16.1 Å². The number of carbonyl (C=O) groups excluding carboxylic acids is 1. The molecule has 178 valence electrons. The maximum atomic E-state index is 14.1. The van der Waals surface area contributed by atoms with Crippen LogP contribution in [0, 0.1) is 5.82 Å². The lowest BCUT2D eigenvalue weighted by Gasteiger charge is -2.33. The van der Waals surface area contributed by atoms with E-state index >= 15 is 0 Å². The Morgan fingerprint density at radius 2 is 2.00 bits per heavy atom. The van der Waals surface area contributed by atoms with Gasteiger partial charge in [-0.1, -0.05) is 30.0 Å². The minimum atomic E-state index is -0.450. The van der Waals surface area contributed by atoms with E-state index in [1.807, 2.05) is 42.5 Å². The van der Waals surface area contributed by atoms with Gasteiger partial charge in [0.1, 0.15) is 12.4 Å². The maximum absolute atomic E-state index is 14.1. The third-order valence-electron chi connectivity index (χ3n) is 5.29. The molecule has 4 rings (SSSR count). The van der Waals surface area contributed by atoms with E-state index in [-0.39, 0.29) is 19.0 Å². The second kappa shape index (κ2) is 10.7. The molecule has 34 heavy (non-hydrogen) atoms. The Kier molecular flexibility index (Phi) is 7.63. The number of allylic oxidation sites excluding steroid dienone is 1. The van der Waals surface area contributed by atoms with Gasteiger partial charge in [-0.2, -0.15) is 0 Å². The molecule has 0 saturated carbocycles. The van der Waals surface area contributed by atoms with Crippen LogP contribution in [0.3, 0.4) is 0 Å². The lowest BCUT2D eigenvalue weighted by molar-refractivity contribution is -0.139. The Hall–Kier alpha value is -2.78. The average Bonchev–Trinajstić information content (AvgIpc) is 3.26. The van der Waals surface area contributed by atoms with Gasteiger partial charge < -0.3 is 19.1 Å². The van der Waals surface area contributed by atoms with Crippen molar-refractivity contribution in [1.29, 1.82) is 0 Å². The fourth-order valence-corrected chi connectivity index (χ4v) is 5.18. The molecule has 2 heterocycles. The van der Waals surface area contributed by atoms with Gasteiger partial charge >= 0.3 is 5.97 Å². The third kappa shape index (κ3) is 4.86. The number of thioether (sulfide) groups is 1. The number of fused-ring (bicyclic) bond motifs is 1. The standard InChI is InChI=1S/C25H24BrFN2O4S/c1-4-31-20-13-17(12-18(26)23(20)33-14-16-8-6-7-9-19(16)27)22-21(24(30)32-5-2)15(3)28-25-29(22)10-11-34-25/h6-13,22H,4-5,14H2,1-3H3/t22-/m0/s1. The summed E-state index contributed by atoms with van der Waals surface area (Å²) in [4.78, 5) is 19.5. The van der Waals surface area contributed by atoms with E-state index in [1.165, 1.54) is 17.8 Å². The van der Waals surface area contributed by atoms with Gasteiger partial charge in [-0.15, -0.1) is 0 Å². The van der Waals surface area contributed by atoms with Gasteiger partial charge in [-0.25, -0.2) is 14.2 Å². The smallest absolute Gasteiger partial charge is 0.338 e. The second-order valence-electron chi connectivity index (χ2n) is 7.47. The van der Waals surface area contributed by atoms with Gasteiger partial charge in [-0.3, -0.25) is 0 Å². The SMILES string of the molecule is CCOC(=O)C1=C(C)N=C2SC=CN2[C@H]1c1cc(Br)c(OCc2ccccc2F)c(OCC)c1. The minimum Gasteiger partial charge on any atom is -0.490 e. The topological polar surface area (TPSA) is 60.4 Å². The molecule has 0 unspecified atom stereocenters. The van der Waals surface area contributed by atoms with Crippen molar-refractivity contribution in [2.45, 2.75) is 33.4 Å². The van der Waals surface area contributed by atoms with Crippen LogP contribution in [0.4, 0.5) is 4.39 Å². The minimum absolute atomic E-state index is 0.0452. The van der Waals surface area contributed by atoms with E-state index in [2.05, 4.69) is 20.9 Å². The van der Waals surface area contributed by atoms with Gasteiger partial charge in [0.25, 0.3) is 0 Å². The van der Waals surface area contributed by atoms with Crippen molar-refractivity contribution in [1.82, 2.24) is 4.90 Å². The Balaban J connectivity index is 1.74. The fourth-order valence-electron chi connectivity index (χ4n) is 3.81. The summed E-state index contributed by atoms with van der Waals surface area (Å²) in [6.45, 7) is 6.18. The molecule has 2 aliphatic heterocycles. The van der Waals surface area contributed by atoms with Crippen LogP contribution in [0.5, 0.6) is 11.5 Å². The molecule has 0 fully saturated rings. The number of amidine groups is 1. The molecule has 9 heteroatoms. The zero-order valence-electron chi connectivity index (χ0n) is 19.0. The number of nitrogens with zero attached hydrogens (tertiary/aromatic N) is 2. The van der Waals surface area contributed by atoms with Crippen LogP contribution in [-0.4, -0.2) is 29.3 Å². The van der Waals surface area contributed by atoms with E-state index in [9.17, 15) is 9.18 Å². The molecule has 2 aliphatic rings. The first kappa shape index (κ1) is 24.3. The number of hydrogen-bond donors (Lipinski definition) is 0. The van der Waals surface area contributed by atoms with Crippen LogP contribution >= 0.6 is 27.7 Å². The van der Waals surface area contributed by atoms with Crippen molar-refractivity contribution < 1.29 is 23.4 Å². The summed E-state index contributed by atoms with van der Waals surface area (Å²) < 4.78 is 32.0. The summed E-state index contributed by atoms with van der Waals surface area (Å²) in [6, 6.07) is 9.76. The van der Waals surface area contributed by atoms with E-state index in [4.69, 9.17) is 14.2 Å². The first-order valence-electron chi connectivity index (χ1n) is 10.8. The summed E-state index contributed by atoms with van der Waals surface area (Å²) in [5.74, 6) is 0.208. The summed E-state index contributed by atoms with van der Waals surface area (Å²) in [6.07, 6.45) is 1.90. The molecule has 6 nitrogen and oxygen atoms in total. The van der Waals surface area contributed by atoms with Crippen molar-refractivity contribution in [3.8, 4) is 11.5 Å². The first-order chi connectivity index (χ1) is 16.4. The van der Waals surface area contributed by atoms with Crippen LogP contribution in [0.25, 0.3) is 0 Å². The number of esters is 1. The molecule has 0 saturated heterocycles. The maximum Gasteiger partial charge on any atom is 0.338 e. The number of benzene rings is 2. The van der Waals surface area contributed by atoms with Crippen molar-refractivity contribution in [2.24, 2.45) is 4.99 Å². The van der Waals surface area contributed by atoms with E-state index in [0.29, 0.717) is 39.4 Å². The van der Waals surface area contributed by atoms with Crippen molar-refractivity contribution in [3.63, 3.8) is 0 Å². The molecule has 0 aromatic heterocycles. The lowest BCUT2D eigenvalue weighted by Crippen LogP contribution is -2.34. The molecule has 0 bridgehead atoms. The highest BCUT2D eigenvalue weighted by Crippen LogP contribution is 2.45. The van der Waals surface area contributed by atoms with Crippen molar-refractivity contribution >= 4 is 38.8 Å². The van der Waals surface area contributed by atoms with Crippen molar-refractivity contribution in [2.75, 3.05) is 13.2 Å². The number of hydrogen-bond acceptors (Lipinski definition) is 7. The summed E-state index contributed by atoms with van der Waals surface area (Å²) in [5, 5.41) is 2.71. The van der Waals surface area contributed by atoms with Gasteiger partial charge in [0.15, 0.2) is 16.7 Å². The van der Waals surface area contributed by atoms with Gasteiger partial charge in [0.05, 0.1) is 35.0 Å². The van der Waals surface area contributed by atoms with Crippen LogP contribution < -0.4 is 9.47 Å². The van der Waals surface area contributed by atoms with Crippen molar-refractivity contribution in [3.05, 3.63) is 80.7 Å². The molecule has 0 spiro atoms. The highest BCUT2D eigenvalue weighted by atomic mass is 79.9. The second-order valence-corrected chi connectivity index (χ2v) is 9.20. The monoisotopic (exact) mass is 546 g/mol. The number of aliphatic imine (C=N–C) groups is 1. The summed E-state index contributed by atoms with van der Waals surface area (Å²) in [5.41, 5.74) is 2.32. The summed E-state index contributed by atoms with van der Waals surface area (Å²) in [7, 11) is 0. The molecule has 2 aromatic rings. The van der Waals surface area contributed by atoms with E-state index in [0.717, 1.165) is 10.7 Å². The van der Waals surface area contributed by atoms with Crippen LogP contribution in [0.15, 0.2) is 68.7 Å². The molecule has 0 N–H and O–H groups in total. The van der Waals surface area contributed by atoms with E-state index < -0.39 is 12.0 Å². The lowest BCUT2D eigenvalue weighted by atomic mass is 9.94. The number of carbonyl (C=O) groups is 1. The number of halogens is 2. The molecule has 0 aliphatic carbocycles. The Labute approximate surface area is 210 Å². The summed E-state index contributed by atoms with van der Waals surface area (Å²) >= 11 is 5.09. The first-order valence-corrected chi connectivity index (χ1v) is 12.5. The largest absolute Gasteiger partial charge is 0.490 e. The predicted octanol–water partition coefficient (Wildman–Crippen LogP) is 6.33. The van der Waals surface area contributed by atoms with Gasteiger partial charge in [0.2, 0.25) is 0 Å². The van der Waals surface area contributed by atoms with Gasteiger partial charge in [0, 0.05) is 11.8 Å².